The summed E-state index contributed by atoms with van der Waals surface area (Å²) >= 11 is 0. The van der Waals surface area contributed by atoms with Crippen LogP contribution in [0.2, 0.25) is 0 Å². The van der Waals surface area contributed by atoms with Crippen LogP contribution in [0.3, 0.4) is 0 Å². The largest absolute Gasteiger partial charge is 0.314 e. The molecule has 1 aliphatic rings. The second-order valence-electron chi connectivity index (χ2n) is 6.80. The fraction of sp³-hybridized carbons (Fsp3) is 0.350. The maximum absolute atomic E-state index is 12.9. The Labute approximate surface area is 132 Å². The van der Waals surface area contributed by atoms with Gasteiger partial charge < -0.3 is 4.90 Å². The molecule has 3 rings (SSSR count). The first-order valence-corrected chi connectivity index (χ1v) is 7.91. The number of carbonyl (C=O) groups is 1. The SMILES string of the molecule is CC(C)Cc1ccc(C2(C)C(=O)N(C)c3ccccc32)cc1. The lowest BCUT2D eigenvalue weighted by atomic mass is 9.77. The standard InChI is InChI=1S/C20H23NO/c1-14(2)13-15-9-11-16(12-10-15)20(3)17-7-5-6-8-18(17)21(4)19(20)22/h5-12,14H,13H2,1-4H3. The van der Waals surface area contributed by atoms with E-state index < -0.39 is 5.41 Å². The third-order valence-electron chi connectivity index (χ3n) is 4.71. The van der Waals surface area contributed by atoms with Gasteiger partial charge in [-0.3, -0.25) is 4.79 Å². The molecule has 1 atom stereocenters. The number of fused-ring (bicyclic) bond motifs is 1. The van der Waals surface area contributed by atoms with Crippen LogP contribution in [0.5, 0.6) is 0 Å². The van der Waals surface area contributed by atoms with Crippen LogP contribution in [-0.4, -0.2) is 13.0 Å². The van der Waals surface area contributed by atoms with E-state index in [1.165, 1.54) is 5.56 Å². The van der Waals surface area contributed by atoms with Crippen molar-refractivity contribution in [2.24, 2.45) is 5.92 Å². The van der Waals surface area contributed by atoms with Gasteiger partial charge in [0.15, 0.2) is 0 Å². The molecule has 2 heteroatoms. The van der Waals surface area contributed by atoms with Gasteiger partial charge in [-0.15, -0.1) is 0 Å². The van der Waals surface area contributed by atoms with Crippen molar-refractivity contribution in [1.82, 2.24) is 0 Å². The van der Waals surface area contributed by atoms with Crippen molar-refractivity contribution in [3.63, 3.8) is 0 Å². The van der Waals surface area contributed by atoms with Gasteiger partial charge in [-0.1, -0.05) is 56.3 Å². The number of benzene rings is 2. The van der Waals surface area contributed by atoms with Gasteiger partial charge in [-0.25, -0.2) is 0 Å². The minimum Gasteiger partial charge on any atom is -0.314 e. The van der Waals surface area contributed by atoms with Crippen molar-refractivity contribution in [2.75, 3.05) is 11.9 Å². The minimum absolute atomic E-state index is 0.144. The Hall–Kier alpha value is -2.09. The van der Waals surface area contributed by atoms with E-state index in [0.29, 0.717) is 5.92 Å². The zero-order valence-electron chi connectivity index (χ0n) is 13.8. The molecule has 0 saturated carbocycles. The molecule has 0 saturated heterocycles. The topological polar surface area (TPSA) is 20.3 Å². The van der Waals surface area contributed by atoms with Gasteiger partial charge in [0.25, 0.3) is 0 Å². The number of carbonyl (C=O) groups excluding carboxylic acids is 1. The normalized spacial score (nSPS) is 20.6. The Balaban J connectivity index is 2.05. The Morgan fingerprint density at radius 2 is 1.68 bits per heavy atom. The molecule has 0 aliphatic carbocycles. The number of anilines is 1. The molecule has 0 radical (unpaired) electrons. The number of amides is 1. The molecule has 0 spiro atoms. The predicted octanol–water partition coefficient (Wildman–Crippen LogP) is 4.17. The van der Waals surface area contributed by atoms with Crippen molar-refractivity contribution in [1.29, 1.82) is 0 Å². The number of hydrogen-bond acceptors (Lipinski definition) is 1. The molecular formula is C20H23NO. The van der Waals surface area contributed by atoms with Crippen LogP contribution in [0.25, 0.3) is 0 Å². The lowest BCUT2D eigenvalue weighted by Gasteiger charge is -2.24. The summed E-state index contributed by atoms with van der Waals surface area (Å²) < 4.78 is 0. The molecule has 1 unspecified atom stereocenters. The second-order valence-corrected chi connectivity index (χ2v) is 6.80. The molecule has 1 amide bonds. The molecule has 0 bridgehead atoms. The molecule has 2 nitrogen and oxygen atoms in total. The van der Waals surface area contributed by atoms with Crippen LogP contribution in [0.15, 0.2) is 48.5 Å². The van der Waals surface area contributed by atoms with Crippen LogP contribution < -0.4 is 4.90 Å². The average Bonchev–Trinajstić information content (AvgIpc) is 2.71. The van der Waals surface area contributed by atoms with E-state index in [-0.39, 0.29) is 5.91 Å². The maximum atomic E-state index is 12.9. The van der Waals surface area contributed by atoms with Gasteiger partial charge in [0, 0.05) is 12.7 Å². The number of nitrogens with zero attached hydrogens (tertiary/aromatic N) is 1. The fourth-order valence-electron chi connectivity index (χ4n) is 3.47. The van der Waals surface area contributed by atoms with E-state index in [2.05, 4.69) is 44.2 Å². The predicted molar refractivity (Wildman–Crippen MR) is 91.3 cm³/mol. The van der Waals surface area contributed by atoms with Crippen molar-refractivity contribution in [3.05, 3.63) is 65.2 Å². The maximum Gasteiger partial charge on any atom is 0.241 e. The van der Waals surface area contributed by atoms with Crippen LogP contribution >= 0.6 is 0 Å². The molecule has 114 valence electrons. The Kier molecular flexibility index (Phi) is 3.56. The minimum atomic E-state index is -0.582. The van der Waals surface area contributed by atoms with Gasteiger partial charge in [0.05, 0.1) is 5.41 Å². The quantitative estimate of drug-likeness (QED) is 0.832. The number of rotatable bonds is 3. The molecular weight excluding hydrogens is 270 g/mol. The first-order chi connectivity index (χ1) is 10.4. The summed E-state index contributed by atoms with van der Waals surface area (Å²) in [5.41, 5.74) is 3.93. The summed E-state index contributed by atoms with van der Waals surface area (Å²) in [5.74, 6) is 0.784. The summed E-state index contributed by atoms with van der Waals surface area (Å²) in [6.07, 6.45) is 1.07. The van der Waals surface area contributed by atoms with Gasteiger partial charge in [-0.05, 0) is 42.0 Å². The third-order valence-corrected chi connectivity index (χ3v) is 4.71. The first-order valence-electron chi connectivity index (χ1n) is 7.91. The van der Waals surface area contributed by atoms with Crippen LogP contribution in [0.4, 0.5) is 5.69 Å². The highest BCUT2D eigenvalue weighted by atomic mass is 16.2. The van der Waals surface area contributed by atoms with E-state index in [9.17, 15) is 4.79 Å². The lowest BCUT2D eigenvalue weighted by molar-refractivity contribution is -0.121. The molecule has 1 heterocycles. The van der Waals surface area contributed by atoms with Gasteiger partial charge >= 0.3 is 0 Å². The van der Waals surface area contributed by atoms with Crippen LogP contribution in [0.1, 0.15) is 37.5 Å². The molecule has 2 aromatic carbocycles. The van der Waals surface area contributed by atoms with Crippen molar-refractivity contribution in [2.45, 2.75) is 32.6 Å². The molecule has 0 fully saturated rings. The van der Waals surface area contributed by atoms with E-state index in [1.54, 1.807) is 4.90 Å². The Morgan fingerprint density at radius 1 is 1.05 bits per heavy atom. The Bertz CT molecular complexity index is 702. The van der Waals surface area contributed by atoms with E-state index in [0.717, 1.165) is 23.2 Å². The second kappa shape index (κ2) is 5.28. The highest BCUT2D eigenvalue weighted by Crippen LogP contribution is 2.45. The van der Waals surface area contributed by atoms with Crippen molar-refractivity contribution in [3.8, 4) is 0 Å². The average molecular weight is 293 g/mol. The highest BCUT2D eigenvalue weighted by molar-refractivity contribution is 6.09. The van der Waals surface area contributed by atoms with E-state index in [4.69, 9.17) is 0 Å². The monoisotopic (exact) mass is 293 g/mol. The molecule has 0 N–H and O–H groups in total. The smallest absolute Gasteiger partial charge is 0.241 e. The van der Waals surface area contributed by atoms with E-state index >= 15 is 0 Å². The van der Waals surface area contributed by atoms with Gasteiger partial charge in [0.2, 0.25) is 5.91 Å². The molecule has 22 heavy (non-hydrogen) atoms. The summed E-state index contributed by atoms with van der Waals surface area (Å²) in [4.78, 5) is 14.6. The number of hydrogen-bond donors (Lipinski definition) is 0. The molecule has 0 aromatic heterocycles. The number of likely N-dealkylation sites (N-methyl/N-ethyl adjacent to an activating group) is 1. The van der Waals surface area contributed by atoms with Crippen molar-refractivity contribution >= 4 is 11.6 Å². The zero-order valence-corrected chi connectivity index (χ0v) is 13.8. The third kappa shape index (κ3) is 2.14. The highest BCUT2D eigenvalue weighted by Gasteiger charge is 2.46. The van der Waals surface area contributed by atoms with Crippen LogP contribution in [-0.2, 0) is 16.6 Å². The Morgan fingerprint density at radius 3 is 2.32 bits per heavy atom. The van der Waals surface area contributed by atoms with Crippen molar-refractivity contribution < 1.29 is 4.79 Å². The summed E-state index contributed by atoms with van der Waals surface area (Å²) in [6.45, 7) is 6.48. The zero-order chi connectivity index (χ0) is 15.9. The molecule has 2 aromatic rings. The summed E-state index contributed by atoms with van der Waals surface area (Å²) in [6, 6.07) is 16.6. The van der Waals surface area contributed by atoms with Gasteiger partial charge in [-0.2, -0.15) is 0 Å². The first kappa shape index (κ1) is 14.8. The van der Waals surface area contributed by atoms with E-state index in [1.807, 2.05) is 32.2 Å². The lowest BCUT2D eigenvalue weighted by Crippen LogP contribution is -2.37. The van der Waals surface area contributed by atoms with Gasteiger partial charge in [0.1, 0.15) is 0 Å². The summed E-state index contributed by atoms with van der Waals surface area (Å²) in [5, 5.41) is 0. The van der Waals surface area contributed by atoms with Crippen LogP contribution in [0, 0.1) is 5.92 Å². The summed E-state index contributed by atoms with van der Waals surface area (Å²) in [7, 11) is 1.86. The molecule has 1 aliphatic heterocycles. The fourth-order valence-corrected chi connectivity index (χ4v) is 3.47. The number of para-hydroxylation sites is 1.